The SMILES string of the molecule is CN=C(NCc1ccccc1CS(=O)(=O)NC(C)C)NCC(C)c1cccc(C)c1. The van der Waals surface area contributed by atoms with E-state index in [1.807, 2.05) is 38.1 Å². The standard InChI is InChI=1S/C23H34N4O2S/c1-17(2)27-30(28,29)16-22-11-7-6-10-21(22)15-26-23(24-5)25-14-19(4)20-12-8-9-18(3)13-20/h6-13,17,19,27H,14-16H2,1-5H3,(H2,24,25,26). The molecule has 0 aromatic heterocycles. The molecule has 0 aliphatic heterocycles. The largest absolute Gasteiger partial charge is 0.356 e. The lowest BCUT2D eigenvalue weighted by atomic mass is 9.99. The summed E-state index contributed by atoms with van der Waals surface area (Å²) in [6, 6.07) is 16.0. The van der Waals surface area contributed by atoms with Gasteiger partial charge in [-0.2, -0.15) is 0 Å². The Bertz CT molecular complexity index is 955. The number of sulfonamides is 1. The van der Waals surface area contributed by atoms with Crippen molar-refractivity contribution < 1.29 is 8.42 Å². The zero-order valence-electron chi connectivity index (χ0n) is 18.6. The van der Waals surface area contributed by atoms with Crippen LogP contribution in [0.1, 0.15) is 48.9 Å². The number of nitrogens with zero attached hydrogens (tertiary/aromatic N) is 1. The summed E-state index contributed by atoms with van der Waals surface area (Å²) in [5, 5.41) is 6.65. The van der Waals surface area contributed by atoms with Gasteiger partial charge in [0.15, 0.2) is 5.96 Å². The zero-order chi connectivity index (χ0) is 22.1. The minimum absolute atomic E-state index is 0.0422. The van der Waals surface area contributed by atoms with E-state index in [0.29, 0.717) is 18.4 Å². The fourth-order valence-electron chi connectivity index (χ4n) is 3.22. The van der Waals surface area contributed by atoms with Gasteiger partial charge in [0.2, 0.25) is 10.0 Å². The fraction of sp³-hybridized carbons (Fsp3) is 0.435. The Morgan fingerprint density at radius 1 is 1.00 bits per heavy atom. The van der Waals surface area contributed by atoms with Crippen LogP contribution >= 0.6 is 0 Å². The van der Waals surface area contributed by atoms with Gasteiger partial charge in [0.05, 0.1) is 5.75 Å². The number of hydrogen-bond acceptors (Lipinski definition) is 3. The molecule has 2 rings (SSSR count). The van der Waals surface area contributed by atoms with Crippen LogP contribution in [0.25, 0.3) is 0 Å². The van der Waals surface area contributed by atoms with E-state index < -0.39 is 10.0 Å². The first-order chi connectivity index (χ1) is 14.2. The lowest BCUT2D eigenvalue weighted by molar-refractivity contribution is 0.568. The summed E-state index contributed by atoms with van der Waals surface area (Å²) in [4.78, 5) is 4.29. The number of hydrogen-bond donors (Lipinski definition) is 3. The van der Waals surface area contributed by atoms with E-state index in [4.69, 9.17) is 0 Å². The minimum atomic E-state index is -3.38. The van der Waals surface area contributed by atoms with Crippen molar-refractivity contribution in [1.29, 1.82) is 0 Å². The molecule has 0 heterocycles. The molecule has 164 valence electrons. The third-order valence-electron chi connectivity index (χ3n) is 4.74. The second-order valence-electron chi connectivity index (χ2n) is 7.92. The van der Waals surface area contributed by atoms with Crippen molar-refractivity contribution in [1.82, 2.24) is 15.4 Å². The molecule has 0 amide bonds. The quantitative estimate of drug-likeness (QED) is 0.421. The van der Waals surface area contributed by atoms with Gasteiger partial charge in [0, 0.05) is 26.2 Å². The van der Waals surface area contributed by atoms with Crippen LogP contribution in [0.5, 0.6) is 0 Å². The van der Waals surface area contributed by atoms with Crippen LogP contribution in [0.2, 0.25) is 0 Å². The predicted molar refractivity (Wildman–Crippen MR) is 125 cm³/mol. The summed E-state index contributed by atoms with van der Waals surface area (Å²) in [6.07, 6.45) is 0. The fourth-order valence-corrected chi connectivity index (χ4v) is 4.71. The molecule has 30 heavy (non-hydrogen) atoms. The van der Waals surface area contributed by atoms with Crippen molar-refractivity contribution >= 4 is 16.0 Å². The maximum atomic E-state index is 12.3. The van der Waals surface area contributed by atoms with Crippen LogP contribution in [-0.2, 0) is 22.3 Å². The Hall–Kier alpha value is -2.38. The average molecular weight is 431 g/mol. The third-order valence-corrected chi connectivity index (χ3v) is 6.26. The average Bonchev–Trinajstić information content (AvgIpc) is 2.67. The number of rotatable bonds is 9. The molecule has 0 fully saturated rings. The summed E-state index contributed by atoms with van der Waals surface area (Å²) in [7, 11) is -1.65. The highest BCUT2D eigenvalue weighted by Crippen LogP contribution is 2.15. The predicted octanol–water partition coefficient (Wildman–Crippen LogP) is 3.29. The molecular formula is C23H34N4O2S. The van der Waals surface area contributed by atoms with Crippen molar-refractivity contribution in [3.8, 4) is 0 Å². The first-order valence-corrected chi connectivity index (χ1v) is 11.9. The third kappa shape index (κ3) is 7.80. The van der Waals surface area contributed by atoms with Crippen LogP contribution in [0.3, 0.4) is 0 Å². The van der Waals surface area contributed by atoms with Gasteiger partial charge in [-0.1, -0.05) is 61.0 Å². The molecule has 0 bridgehead atoms. The Morgan fingerprint density at radius 2 is 1.70 bits per heavy atom. The Balaban J connectivity index is 1.97. The first-order valence-electron chi connectivity index (χ1n) is 10.3. The highest BCUT2D eigenvalue weighted by molar-refractivity contribution is 7.88. The van der Waals surface area contributed by atoms with E-state index in [1.54, 1.807) is 7.05 Å². The van der Waals surface area contributed by atoms with Crippen LogP contribution in [-0.4, -0.2) is 34.0 Å². The van der Waals surface area contributed by atoms with Crippen LogP contribution in [0.4, 0.5) is 0 Å². The second-order valence-corrected chi connectivity index (χ2v) is 9.68. The van der Waals surface area contributed by atoms with Crippen molar-refractivity contribution in [2.45, 2.75) is 52.0 Å². The number of benzene rings is 2. The van der Waals surface area contributed by atoms with Crippen LogP contribution in [0, 0.1) is 6.92 Å². The molecule has 0 spiro atoms. The summed E-state index contributed by atoms with van der Waals surface area (Å²) in [5.41, 5.74) is 4.24. The molecule has 0 radical (unpaired) electrons. The van der Waals surface area contributed by atoms with Gasteiger partial charge in [-0.3, -0.25) is 4.99 Å². The van der Waals surface area contributed by atoms with E-state index in [1.165, 1.54) is 11.1 Å². The van der Waals surface area contributed by atoms with Gasteiger partial charge in [0.25, 0.3) is 0 Å². The molecule has 1 unspecified atom stereocenters. The number of nitrogens with one attached hydrogen (secondary N) is 3. The normalized spacial score (nSPS) is 13.3. The van der Waals surface area contributed by atoms with E-state index in [2.05, 4.69) is 58.5 Å². The van der Waals surface area contributed by atoms with Gasteiger partial charge in [0.1, 0.15) is 0 Å². The summed E-state index contributed by atoms with van der Waals surface area (Å²) < 4.78 is 27.3. The van der Waals surface area contributed by atoms with Crippen molar-refractivity contribution in [2.75, 3.05) is 13.6 Å². The summed E-state index contributed by atoms with van der Waals surface area (Å²) >= 11 is 0. The smallest absolute Gasteiger partial charge is 0.216 e. The molecule has 0 saturated carbocycles. The van der Waals surface area contributed by atoms with Gasteiger partial charge in [-0.05, 0) is 43.4 Å². The highest BCUT2D eigenvalue weighted by atomic mass is 32.2. The summed E-state index contributed by atoms with van der Waals surface area (Å²) in [5.74, 6) is 0.981. The molecule has 0 saturated heterocycles. The molecule has 3 N–H and O–H groups in total. The van der Waals surface area contributed by atoms with E-state index >= 15 is 0 Å². The summed E-state index contributed by atoms with van der Waals surface area (Å²) in [6.45, 7) is 9.15. The Kier molecular flexibility index (Phi) is 8.87. The maximum absolute atomic E-state index is 12.3. The molecular weight excluding hydrogens is 396 g/mol. The second kappa shape index (κ2) is 11.1. The molecule has 1 atom stereocenters. The monoisotopic (exact) mass is 430 g/mol. The molecule has 2 aromatic carbocycles. The Morgan fingerprint density at radius 3 is 2.33 bits per heavy atom. The topological polar surface area (TPSA) is 82.6 Å². The molecule has 7 heteroatoms. The number of aliphatic imine (C=N–C) groups is 1. The van der Waals surface area contributed by atoms with E-state index in [-0.39, 0.29) is 11.8 Å². The molecule has 6 nitrogen and oxygen atoms in total. The minimum Gasteiger partial charge on any atom is -0.356 e. The number of aryl methyl sites for hydroxylation is 1. The number of guanidine groups is 1. The zero-order valence-corrected chi connectivity index (χ0v) is 19.4. The molecule has 0 aliphatic rings. The molecule has 0 aliphatic carbocycles. The maximum Gasteiger partial charge on any atom is 0.216 e. The molecule has 2 aromatic rings. The van der Waals surface area contributed by atoms with E-state index in [0.717, 1.165) is 17.7 Å². The van der Waals surface area contributed by atoms with Gasteiger partial charge < -0.3 is 10.6 Å². The highest BCUT2D eigenvalue weighted by Gasteiger charge is 2.15. The van der Waals surface area contributed by atoms with Crippen LogP contribution in [0.15, 0.2) is 53.5 Å². The van der Waals surface area contributed by atoms with Crippen molar-refractivity contribution in [3.05, 3.63) is 70.8 Å². The van der Waals surface area contributed by atoms with Gasteiger partial charge in [-0.25, -0.2) is 13.1 Å². The lowest BCUT2D eigenvalue weighted by Crippen LogP contribution is -2.39. The Labute approximate surface area is 181 Å². The van der Waals surface area contributed by atoms with Crippen LogP contribution < -0.4 is 15.4 Å². The first kappa shape index (κ1) is 23.9. The van der Waals surface area contributed by atoms with Crippen molar-refractivity contribution in [3.63, 3.8) is 0 Å². The van der Waals surface area contributed by atoms with Crippen molar-refractivity contribution in [2.24, 2.45) is 4.99 Å². The lowest BCUT2D eigenvalue weighted by Gasteiger charge is -2.18. The van der Waals surface area contributed by atoms with Gasteiger partial charge in [-0.15, -0.1) is 0 Å². The van der Waals surface area contributed by atoms with E-state index in [9.17, 15) is 8.42 Å². The van der Waals surface area contributed by atoms with Gasteiger partial charge >= 0.3 is 0 Å².